The van der Waals surface area contributed by atoms with Crippen LogP contribution in [0.5, 0.6) is 5.75 Å². The van der Waals surface area contributed by atoms with Crippen LogP contribution in [0.15, 0.2) is 54.6 Å². The second kappa shape index (κ2) is 12.1. The lowest BCUT2D eigenvalue weighted by Crippen LogP contribution is -2.62. The number of ether oxygens (including phenoxy) is 2. The first-order valence-electron chi connectivity index (χ1n) is 12.6. The molecule has 0 saturated heterocycles. The smallest absolute Gasteiger partial charge is 0.378 e. The summed E-state index contributed by atoms with van der Waals surface area (Å²) in [6, 6.07) is 15.5. The molecule has 0 aliphatic heterocycles. The summed E-state index contributed by atoms with van der Waals surface area (Å²) in [5.74, 6) is -25.0. The summed E-state index contributed by atoms with van der Waals surface area (Å²) in [7, 11) is 1.85. The average molecular weight is 580 g/mol. The number of fused-ring (bicyclic) bond motifs is 1. The van der Waals surface area contributed by atoms with Crippen molar-refractivity contribution in [3.63, 3.8) is 0 Å². The van der Waals surface area contributed by atoms with Gasteiger partial charge < -0.3 is 14.0 Å². The molecule has 1 heterocycles. The predicted molar refractivity (Wildman–Crippen MR) is 133 cm³/mol. The van der Waals surface area contributed by atoms with E-state index in [1.807, 2.05) is 41.9 Å². The number of esters is 1. The standard InChI is InChI=1S/C28H29F8NO3/c1-3-4-9-24(38)40-17-15-26(31,32)28(35,36)27(33,34)25(29,30)14-16-39-21-12-10-19(11-13-21)23-18-20-7-5-6-8-22(20)37(23)2/h5-8,10-13,18H,3-4,9,14-17H2,1-2H3. The third kappa shape index (κ3) is 6.36. The molecule has 0 N–H and O–H groups in total. The lowest BCUT2D eigenvalue weighted by atomic mass is 9.95. The van der Waals surface area contributed by atoms with Crippen molar-refractivity contribution in [2.24, 2.45) is 7.05 Å². The van der Waals surface area contributed by atoms with Gasteiger partial charge in [0.15, 0.2) is 0 Å². The number of hydrogen-bond acceptors (Lipinski definition) is 3. The highest BCUT2D eigenvalue weighted by Crippen LogP contribution is 2.54. The minimum Gasteiger partial charge on any atom is -0.493 e. The number of nitrogens with zero attached hydrogens (tertiary/aromatic N) is 1. The molecule has 0 aliphatic rings. The molecule has 0 atom stereocenters. The summed E-state index contributed by atoms with van der Waals surface area (Å²) >= 11 is 0. The van der Waals surface area contributed by atoms with Crippen molar-refractivity contribution in [3.05, 3.63) is 54.6 Å². The largest absolute Gasteiger partial charge is 0.493 e. The van der Waals surface area contributed by atoms with Crippen LogP contribution in [0.25, 0.3) is 22.2 Å². The second-order valence-electron chi connectivity index (χ2n) is 9.40. The summed E-state index contributed by atoms with van der Waals surface area (Å²) < 4.78 is 124. The van der Waals surface area contributed by atoms with Gasteiger partial charge in [-0.15, -0.1) is 0 Å². The van der Waals surface area contributed by atoms with Gasteiger partial charge in [0, 0.05) is 30.1 Å². The molecule has 0 saturated carbocycles. The molecule has 0 aliphatic carbocycles. The number of rotatable bonds is 14. The van der Waals surface area contributed by atoms with Crippen molar-refractivity contribution < 1.29 is 49.4 Å². The molecule has 4 nitrogen and oxygen atoms in total. The van der Waals surface area contributed by atoms with E-state index in [1.54, 1.807) is 19.1 Å². The number of unbranched alkanes of at least 4 members (excludes halogenated alkanes) is 1. The molecule has 1 aromatic heterocycles. The van der Waals surface area contributed by atoms with Crippen molar-refractivity contribution >= 4 is 16.9 Å². The first-order valence-corrected chi connectivity index (χ1v) is 12.6. The maximum absolute atomic E-state index is 14.2. The molecule has 0 radical (unpaired) electrons. The van der Waals surface area contributed by atoms with Crippen molar-refractivity contribution in [1.82, 2.24) is 4.57 Å². The zero-order valence-electron chi connectivity index (χ0n) is 21.8. The van der Waals surface area contributed by atoms with Gasteiger partial charge in [0.25, 0.3) is 0 Å². The Balaban J connectivity index is 1.60. The normalized spacial score (nSPS) is 13.1. The van der Waals surface area contributed by atoms with Crippen LogP contribution in [0.4, 0.5) is 35.1 Å². The molecule has 0 unspecified atom stereocenters. The Hall–Kier alpha value is -3.31. The highest BCUT2D eigenvalue weighted by atomic mass is 19.4. The van der Waals surface area contributed by atoms with Crippen molar-refractivity contribution in [1.29, 1.82) is 0 Å². The lowest BCUT2D eigenvalue weighted by molar-refractivity contribution is -0.369. The summed E-state index contributed by atoms with van der Waals surface area (Å²) in [5, 5.41) is 0.985. The van der Waals surface area contributed by atoms with E-state index in [0.717, 1.165) is 22.2 Å². The van der Waals surface area contributed by atoms with Gasteiger partial charge >= 0.3 is 29.7 Å². The number of hydrogen-bond donors (Lipinski definition) is 0. The van der Waals surface area contributed by atoms with Gasteiger partial charge in [0.2, 0.25) is 0 Å². The molecule has 3 rings (SSSR count). The molecular weight excluding hydrogens is 550 g/mol. The topological polar surface area (TPSA) is 40.5 Å². The Labute approximate surface area is 225 Å². The van der Waals surface area contributed by atoms with E-state index in [-0.39, 0.29) is 12.2 Å². The van der Waals surface area contributed by atoms with Crippen LogP contribution in [-0.4, -0.2) is 47.4 Å². The van der Waals surface area contributed by atoms with E-state index >= 15 is 0 Å². The van der Waals surface area contributed by atoms with E-state index in [0.29, 0.717) is 12.8 Å². The van der Waals surface area contributed by atoms with Gasteiger partial charge in [-0.05, 0) is 48.4 Å². The maximum Gasteiger partial charge on any atom is 0.378 e. The highest BCUT2D eigenvalue weighted by Gasteiger charge is 2.79. The van der Waals surface area contributed by atoms with E-state index in [4.69, 9.17) is 4.74 Å². The Kier molecular flexibility index (Phi) is 9.41. The van der Waals surface area contributed by atoms with E-state index < -0.39 is 55.7 Å². The zero-order chi connectivity index (χ0) is 29.8. The summed E-state index contributed by atoms with van der Waals surface area (Å²) in [5.41, 5.74) is 2.54. The van der Waals surface area contributed by atoms with Crippen LogP contribution >= 0.6 is 0 Å². The molecule has 220 valence electrons. The molecule has 0 amide bonds. The van der Waals surface area contributed by atoms with Crippen molar-refractivity contribution in [3.8, 4) is 17.0 Å². The summed E-state index contributed by atoms with van der Waals surface area (Å²) in [6.07, 6.45) is -3.29. The summed E-state index contributed by atoms with van der Waals surface area (Å²) in [4.78, 5) is 11.3. The first-order chi connectivity index (χ1) is 18.6. The van der Waals surface area contributed by atoms with Crippen LogP contribution in [-0.2, 0) is 16.6 Å². The molecule has 0 bridgehead atoms. The first kappa shape index (κ1) is 31.2. The number of aryl methyl sites for hydroxylation is 1. The zero-order valence-corrected chi connectivity index (χ0v) is 21.8. The van der Waals surface area contributed by atoms with Crippen molar-refractivity contribution in [2.75, 3.05) is 13.2 Å². The van der Waals surface area contributed by atoms with Crippen LogP contribution in [0.3, 0.4) is 0 Å². The maximum atomic E-state index is 14.2. The molecule has 3 aromatic rings. The van der Waals surface area contributed by atoms with Crippen LogP contribution in [0.1, 0.15) is 39.0 Å². The Morgan fingerprint density at radius 2 is 1.40 bits per heavy atom. The quantitative estimate of drug-likeness (QED) is 0.143. The number of para-hydroxylation sites is 1. The van der Waals surface area contributed by atoms with Crippen LogP contribution < -0.4 is 4.74 Å². The van der Waals surface area contributed by atoms with Crippen LogP contribution in [0.2, 0.25) is 0 Å². The predicted octanol–water partition coefficient (Wildman–Crippen LogP) is 8.28. The monoisotopic (exact) mass is 579 g/mol. The molecule has 40 heavy (non-hydrogen) atoms. The van der Waals surface area contributed by atoms with Gasteiger partial charge in [0.05, 0.1) is 26.1 Å². The molecular formula is C28H29F8NO3. The SMILES string of the molecule is CCCCC(=O)OCCC(F)(F)C(F)(F)C(F)(F)C(F)(F)CCOc1ccc(-c2cc3ccccc3n2C)cc1. The molecule has 0 spiro atoms. The highest BCUT2D eigenvalue weighted by molar-refractivity contribution is 5.86. The number of alkyl halides is 8. The van der Waals surface area contributed by atoms with Gasteiger partial charge in [-0.1, -0.05) is 31.5 Å². The van der Waals surface area contributed by atoms with Gasteiger partial charge in [-0.3, -0.25) is 4.79 Å². The average Bonchev–Trinajstić information content (AvgIpc) is 3.23. The van der Waals surface area contributed by atoms with Gasteiger partial charge in [-0.25, -0.2) is 0 Å². The number of benzene rings is 2. The number of halogens is 8. The number of carbonyl (C=O) groups excluding carboxylic acids is 1. The summed E-state index contributed by atoms with van der Waals surface area (Å²) in [6.45, 7) is -0.754. The van der Waals surface area contributed by atoms with Gasteiger partial charge in [-0.2, -0.15) is 35.1 Å². The fourth-order valence-electron chi connectivity index (χ4n) is 4.04. The fourth-order valence-corrected chi connectivity index (χ4v) is 4.04. The molecule has 12 heteroatoms. The van der Waals surface area contributed by atoms with Crippen LogP contribution in [0, 0.1) is 0 Å². The van der Waals surface area contributed by atoms with E-state index in [1.165, 1.54) is 12.1 Å². The Morgan fingerprint density at radius 1 is 0.825 bits per heavy atom. The fraction of sp³-hybridized carbons (Fsp3) is 0.464. The lowest BCUT2D eigenvalue weighted by Gasteiger charge is -2.36. The molecule has 2 aromatic carbocycles. The number of carbonyl (C=O) groups is 1. The van der Waals surface area contributed by atoms with E-state index in [2.05, 4.69) is 4.74 Å². The third-order valence-electron chi connectivity index (χ3n) is 6.51. The molecule has 0 fully saturated rings. The van der Waals surface area contributed by atoms with Crippen molar-refractivity contribution in [2.45, 2.75) is 62.7 Å². The Bertz CT molecular complexity index is 1290. The Morgan fingerprint density at radius 3 is 1.98 bits per heavy atom. The van der Waals surface area contributed by atoms with E-state index in [9.17, 15) is 39.9 Å². The minimum absolute atomic E-state index is 0.0105. The third-order valence-corrected chi connectivity index (χ3v) is 6.51. The second-order valence-corrected chi connectivity index (χ2v) is 9.40. The van der Waals surface area contributed by atoms with Gasteiger partial charge in [0.1, 0.15) is 5.75 Å². The number of aromatic nitrogens is 1. The minimum atomic E-state index is -6.43.